The van der Waals surface area contributed by atoms with E-state index in [2.05, 4.69) is 26.5 Å². The van der Waals surface area contributed by atoms with Crippen LogP contribution in [0.1, 0.15) is 59.3 Å². The molecule has 3 heteroatoms. The number of carboxylic acid groups (broad SMARTS) is 1. The van der Waals surface area contributed by atoms with Gasteiger partial charge in [-0.25, -0.2) is 0 Å². The minimum atomic E-state index is -0.808. The van der Waals surface area contributed by atoms with E-state index < -0.39 is 17.5 Å². The lowest BCUT2D eigenvalue weighted by Crippen LogP contribution is -2.59. The van der Waals surface area contributed by atoms with Crippen molar-refractivity contribution in [3.63, 3.8) is 0 Å². The lowest BCUT2D eigenvalue weighted by molar-refractivity contribution is -0.177. The largest absolute Gasteiger partial charge is 0.481 e. The normalized spacial score (nSPS) is 49.6. The summed E-state index contributed by atoms with van der Waals surface area (Å²) in [7, 11) is 0. The second-order valence-corrected chi connectivity index (χ2v) is 8.85. The second kappa shape index (κ2) is 5.20. The number of carboxylic acids is 1. The predicted octanol–water partition coefficient (Wildman–Crippen LogP) is 4.18. The Balaban J connectivity index is 2.06. The molecular weight excluding hydrogens is 288 g/mol. The first-order valence-corrected chi connectivity index (χ1v) is 8.93. The Hall–Kier alpha value is -1.09. The van der Waals surface area contributed by atoms with Crippen molar-refractivity contribution in [2.24, 2.45) is 28.1 Å². The van der Waals surface area contributed by atoms with E-state index in [-0.39, 0.29) is 16.7 Å². The van der Waals surface area contributed by atoms with E-state index >= 15 is 0 Å². The molecule has 128 valence electrons. The monoisotopic (exact) mass is 318 g/mol. The molecule has 0 aliphatic heterocycles. The van der Waals surface area contributed by atoms with Gasteiger partial charge in [0.1, 0.15) is 0 Å². The van der Waals surface area contributed by atoms with Gasteiger partial charge in [0.2, 0.25) is 0 Å². The zero-order chi connectivity index (χ0) is 17.0. The van der Waals surface area contributed by atoms with Crippen LogP contribution in [0.4, 0.5) is 0 Å². The topological polar surface area (TPSA) is 57.5 Å². The minimum Gasteiger partial charge on any atom is -0.481 e. The Bertz CT molecular complexity index is 565. The molecule has 2 saturated carbocycles. The van der Waals surface area contributed by atoms with E-state index in [0.717, 1.165) is 25.7 Å². The van der Waals surface area contributed by atoms with Crippen molar-refractivity contribution in [2.75, 3.05) is 0 Å². The summed E-state index contributed by atoms with van der Waals surface area (Å²) in [6.45, 7) is 10.3. The summed E-state index contributed by atoms with van der Waals surface area (Å²) in [5.41, 5.74) is 0.424. The highest BCUT2D eigenvalue weighted by molar-refractivity contribution is 5.75. The molecule has 0 saturated heterocycles. The predicted molar refractivity (Wildman–Crippen MR) is 90.9 cm³/mol. The van der Waals surface area contributed by atoms with Crippen LogP contribution in [-0.4, -0.2) is 22.3 Å². The summed E-state index contributed by atoms with van der Waals surface area (Å²) < 4.78 is 0. The Morgan fingerprint density at radius 1 is 1.30 bits per heavy atom. The fourth-order valence-electron chi connectivity index (χ4n) is 6.08. The van der Waals surface area contributed by atoms with E-state index in [1.165, 1.54) is 5.57 Å². The van der Waals surface area contributed by atoms with E-state index in [1.54, 1.807) is 0 Å². The molecule has 0 aromatic heterocycles. The van der Waals surface area contributed by atoms with Crippen molar-refractivity contribution in [1.29, 1.82) is 0 Å². The van der Waals surface area contributed by atoms with Crippen molar-refractivity contribution < 1.29 is 15.0 Å². The molecule has 2 N–H and O–H groups in total. The third-order valence-electron chi connectivity index (χ3n) is 7.32. The summed E-state index contributed by atoms with van der Waals surface area (Å²) in [4.78, 5) is 12.0. The summed E-state index contributed by atoms with van der Waals surface area (Å²) >= 11 is 0. The molecule has 0 radical (unpaired) electrons. The highest BCUT2D eigenvalue weighted by atomic mass is 16.4. The Morgan fingerprint density at radius 2 is 2.00 bits per heavy atom. The molecule has 23 heavy (non-hydrogen) atoms. The lowest BCUT2D eigenvalue weighted by Gasteiger charge is -2.60. The highest BCUT2D eigenvalue weighted by Crippen LogP contribution is 2.63. The first kappa shape index (κ1) is 16.8. The van der Waals surface area contributed by atoms with Crippen LogP contribution in [0.2, 0.25) is 0 Å². The number of hydrogen-bond acceptors (Lipinski definition) is 2. The van der Waals surface area contributed by atoms with Crippen LogP contribution in [-0.2, 0) is 4.79 Å². The zero-order valence-corrected chi connectivity index (χ0v) is 14.6. The summed E-state index contributed by atoms with van der Waals surface area (Å²) in [5.74, 6) is -0.494. The van der Waals surface area contributed by atoms with E-state index in [9.17, 15) is 15.0 Å². The van der Waals surface area contributed by atoms with Crippen LogP contribution in [0.3, 0.4) is 0 Å². The van der Waals surface area contributed by atoms with Crippen molar-refractivity contribution in [1.82, 2.24) is 0 Å². The maximum atomic E-state index is 12.0. The molecule has 0 amide bonds. The Morgan fingerprint density at radius 3 is 2.61 bits per heavy atom. The molecule has 3 nitrogen and oxygen atoms in total. The number of hydrogen-bond donors (Lipinski definition) is 2. The number of carbonyl (C=O) groups is 1. The van der Waals surface area contributed by atoms with Gasteiger partial charge in [0, 0.05) is 11.3 Å². The molecule has 0 aromatic rings. The van der Waals surface area contributed by atoms with Crippen LogP contribution in [0.5, 0.6) is 0 Å². The first-order valence-electron chi connectivity index (χ1n) is 8.93. The maximum absolute atomic E-state index is 12.0. The van der Waals surface area contributed by atoms with E-state index in [0.29, 0.717) is 18.8 Å². The van der Waals surface area contributed by atoms with Gasteiger partial charge in [-0.15, -0.1) is 6.58 Å². The number of aliphatic hydroxyl groups is 1. The van der Waals surface area contributed by atoms with Gasteiger partial charge in [-0.3, -0.25) is 4.79 Å². The van der Waals surface area contributed by atoms with Crippen LogP contribution in [0.15, 0.2) is 24.3 Å². The molecule has 0 bridgehead atoms. The number of fused-ring (bicyclic) bond motifs is 3. The van der Waals surface area contributed by atoms with Gasteiger partial charge in [0.05, 0.1) is 11.5 Å². The van der Waals surface area contributed by atoms with Gasteiger partial charge >= 0.3 is 5.97 Å². The standard InChI is InChI=1S/C20H30O3/c1-5-18(2)10-7-14-13(12-18)11-15(21)16-19(14,3)8-6-9-20(16,4)17(22)23/h5,12,14-16,21H,1,6-11H2,2-4H3,(H,22,23)/t14-,15-,16+,18-,19+,20+/m0/s1. The molecule has 3 aliphatic rings. The van der Waals surface area contributed by atoms with Gasteiger partial charge in [0.15, 0.2) is 0 Å². The average Bonchev–Trinajstić information content (AvgIpc) is 2.46. The number of rotatable bonds is 2. The highest BCUT2D eigenvalue weighted by Gasteiger charge is 2.61. The second-order valence-electron chi connectivity index (χ2n) is 8.85. The quantitative estimate of drug-likeness (QED) is 0.751. The molecule has 3 rings (SSSR count). The molecule has 6 atom stereocenters. The van der Waals surface area contributed by atoms with Crippen molar-refractivity contribution in [3.8, 4) is 0 Å². The lowest BCUT2D eigenvalue weighted by atomic mass is 9.44. The zero-order valence-electron chi connectivity index (χ0n) is 14.6. The molecule has 3 aliphatic carbocycles. The summed E-state index contributed by atoms with van der Waals surface area (Å²) in [6, 6.07) is 0. The summed E-state index contributed by atoms with van der Waals surface area (Å²) in [5, 5.41) is 20.8. The third kappa shape index (κ3) is 2.31. The molecule has 2 fully saturated rings. The molecule has 0 spiro atoms. The SMILES string of the molecule is C=C[C@]1(C)C=C2C[C@H](O)[C@@H]3[C@](C)(CCC[C@@]3(C)C(=O)O)[C@H]2CC1. The summed E-state index contributed by atoms with van der Waals surface area (Å²) in [6.07, 6.45) is 9.15. The van der Waals surface area contributed by atoms with Gasteiger partial charge in [-0.05, 0) is 50.4 Å². The first-order chi connectivity index (χ1) is 10.7. The van der Waals surface area contributed by atoms with Crippen LogP contribution in [0.25, 0.3) is 0 Å². The van der Waals surface area contributed by atoms with Crippen molar-refractivity contribution >= 4 is 5.97 Å². The molecule has 0 heterocycles. The van der Waals surface area contributed by atoms with E-state index in [4.69, 9.17) is 0 Å². The van der Waals surface area contributed by atoms with Gasteiger partial charge in [-0.1, -0.05) is 38.0 Å². The van der Waals surface area contributed by atoms with Crippen molar-refractivity contribution in [3.05, 3.63) is 24.3 Å². The fourth-order valence-corrected chi connectivity index (χ4v) is 6.08. The Kier molecular flexibility index (Phi) is 3.79. The third-order valence-corrected chi connectivity index (χ3v) is 7.32. The van der Waals surface area contributed by atoms with Crippen LogP contribution < -0.4 is 0 Å². The van der Waals surface area contributed by atoms with E-state index in [1.807, 2.05) is 13.0 Å². The van der Waals surface area contributed by atoms with Gasteiger partial charge in [0.25, 0.3) is 0 Å². The average molecular weight is 318 g/mol. The maximum Gasteiger partial charge on any atom is 0.309 e. The minimum absolute atomic E-state index is 0.0134. The number of aliphatic carboxylic acids is 1. The van der Waals surface area contributed by atoms with Crippen LogP contribution >= 0.6 is 0 Å². The number of aliphatic hydroxyl groups excluding tert-OH is 1. The fraction of sp³-hybridized carbons (Fsp3) is 0.750. The van der Waals surface area contributed by atoms with Crippen molar-refractivity contribution in [2.45, 2.75) is 65.4 Å². The Labute approximate surface area is 139 Å². The number of allylic oxidation sites excluding steroid dienone is 2. The molecule has 0 aromatic carbocycles. The molecule has 0 unspecified atom stereocenters. The van der Waals surface area contributed by atoms with Crippen LogP contribution in [0, 0.1) is 28.1 Å². The van der Waals surface area contributed by atoms with Gasteiger partial charge < -0.3 is 10.2 Å². The smallest absolute Gasteiger partial charge is 0.309 e. The van der Waals surface area contributed by atoms with Gasteiger partial charge in [-0.2, -0.15) is 0 Å². The molecular formula is C20H30O3.